The number of aromatic hydroxyl groups is 1. The van der Waals surface area contributed by atoms with Crippen LogP contribution in [0.3, 0.4) is 0 Å². The second kappa shape index (κ2) is 7.45. The van der Waals surface area contributed by atoms with Gasteiger partial charge in [0.2, 0.25) is 0 Å². The second-order valence-corrected chi connectivity index (χ2v) is 5.16. The summed E-state index contributed by atoms with van der Waals surface area (Å²) in [6, 6.07) is 14.3. The zero-order valence-electron chi connectivity index (χ0n) is 12.8. The van der Waals surface area contributed by atoms with E-state index in [0.29, 0.717) is 18.7 Å². The van der Waals surface area contributed by atoms with Crippen molar-refractivity contribution >= 4 is 5.96 Å². The third kappa shape index (κ3) is 4.48. The van der Waals surface area contributed by atoms with Gasteiger partial charge in [-0.15, -0.1) is 0 Å². The minimum Gasteiger partial charge on any atom is -0.505 e. The van der Waals surface area contributed by atoms with Crippen LogP contribution in [0.1, 0.15) is 11.1 Å². The summed E-state index contributed by atoms with van der Waals surface area (Å²) in [5.74, 6) is -0.253. The maximum atomic E-state index is 13.3. The number of nitrogens with one attached hydrogen (secondary N) is 1. The molecule has 0 heterocycles. The van der Waals surface area contributed by atoms with Crippen molar-refractivity contribution < 1.29 is 9.50 Å². The van der Waals surface area contributed by atoms with Crippen LogP contribution in [0.4, 0.5) is 4.39 Å². The van der Waals surface area contributed by atoms with Gasteiger partial charge in [0.15, 0.2) is 17.5 Å². The van der Waals surface area contributed by atoms with Crippen molar-refractivity contribution in [3.63, 3.8) is 0 Å². The molecule has 2 N–H and O–H groups in total. The predicted octanol–water partition coefficient (Wildman–Crippen LogP) is 2.74. The number of rotatable bonds is 4. The number of nitrogens with zero attached hydrogens (tertiary/aromatic N) is 2. The molecule has 0 amide bonds. The Labute approximate surface area is 129 Å². The van der Waals surface area contributed by atoms with Gasteiger partial charge in [-0.25, -0.2) is 9.38 Å². The molecule has 0 spiro atoms. The molecular weight excluding hydrogens is 281 g/mol. The van der Waals surface area contributed by atoms with Crippen molar-refractivity contribution in [2.24, 2.45) is 4.99 Å². The average molecular weight is 301 g/mol. The molecular formula is C17H20FN3O. The van der Waals surface area contributed by atoms with Gasteiger partial charge in [0.05, 0.1) is 6.54 Å². The minimum absolute atomic E-state index is 0.340. The Kier molecular flexibility index (Phi) is 5.36. The molecule has 0 fully saturated rings. The Morgan fingerprint density at radius 3 is 2.50 bits per heavy atom. The van der Waals surface area contributed by atoms with Crippen LogP contribution in [-0.4, -0.2) is 30.1 Å². The fraction of sp³-hybridized carbons (Fsp3) is 0.235. The van der Waals surface area contributed by atoms with Crippen LogP contribution >= 0.6 is 0 Å². The highest BCUT2D eigenvalue weighted by molar-refractivity contribution is 5.79. The summed E-state index contributed by atoms with van der Waals surface area (Å²) in [4.78, 5) is 6.34. The monoisotopic (exact) mass is 301 g/mol. The van der Waals surface area contributed by atoms with E-state index in [0.717, 1.165) is 11.5 Å². The van der Waals surface area contributed by atoms with E-state index >= 15 is 0 Å². The standard InChI is InChI=1S/C17H20FN3O/c1-21(2)17(19-11-13-6-4-3-5-7-13)20-12-14-8-9-16(22)15(18)10-14/h3-10,22H,11-12H2,1-2H3,(H,19,20). The lowest BCUT2D eigenvalue weighted by atomic mass is 10.2. The molecule has 0 aromatic heterocycles. The Balaban J connectivity index is 2.02. The first-order valence-electron chi connectivity index (χ1n) is 7.03. The highest BCUT2D eigenvalue weighted by Gasteiger charge is 2.04. The van der Waals surface area contributed by atoms with Crippen LogP contribution in [0.2, 0.25) is 0 Å². The average Bonchev–Trinajstić information content (AvgIpc) is 2.51. The van der Waals surface area contributed by atoms with E-state index in [2.05, 4.69) is 10.3 Å². The highest BCUT2D eigenvalue weighted by atomic mass is 19.1. The normalized spacial score (nSPS) is 11.3. The summed E-state index contributed by atoms with van der Waals surface area (Å²) in [6.45, 7) is 1.01. The smallest absolute Gasteiger partial charge is 0.194 e. The number of aliphatic imine (C=N–C) groups is 1. The molecule has 0 aliphatic heterocycles. The van der Waals surface area contributed by atoms with Crippen LogP contribution in [-0.2, 0) is 13.1 Å². The maximum absolute atomic E-state index is 13.3. The molecule has 4 nitrogen and oxygen atoms in total. The van der Waals surface area contributed by atoms with E-state index in [9.17, 15) is 9.50 Å². The number of guanidine groups is 1. The number of hydrogen-bond acceptors (Lipinski definition) is 2. The number of phenolic OH excluding ortho intramolecular Hbond substituents is 1. The molecule has 0 bridgehead atoms. The molecule has 0 unspecified atom stereocenters. The van der Waals surface area contributed by atoms with Gasteiger partial charge in [-0.1, -0.05) is 36.4 Å². The van der Waals surface area contributed by atoms with Gasteiger partial charge in [-0.3, -0.25) is 0 Å². The first-order valence-corrected chi connectivity index (χ1v) is 7.03. The number of benzene rings is 2. The summed E-state index contributed by atoms with van der Waals surface area (Å²) < 4.78 is 13.3. The third-order valence-electron chi connectivity index (χ3n) is 3.14. The fourth-order valence-electron chi connectivity index (χ4n) is 1.95. The van der Waals surface area contributed by atoms with Crippen LogP contribution in [0.25, 0.3) is 0 Å². The fourth-order valence-corrected chi connectivity index (χ4v) is 1.95. The highest BCUT2D eigenvalue weighted by Crippen LogP contribution is 2.16. The summed E-state index contributed by atoms with van der Waals surface area (Å²) in [5.41, 5.74) is 1.86. The number of phenols is 1. The molecule has 0 atom stereocenters. The zero-order valence-corrected chi connectivity index (χ0v) is 12.8. The molecule has 5 heteroatoms. The van der Waals surface area contributed by atoms with Crippen molar-refractivity contribution in [1.82, 2.24) is 10.2 Å². The van der Waals surface area contributed by atoms with Crippen LogP contribution in [0.15, 0.2) is 53.5 Å². The summed E-state index contributed by atoms with van der Waals surface area (Å²) >= 11 is 0. The predicted molar refractivity (Wildman–Crippen MR) is 86.2 cm³/mol. The Bertz CT molecular complexity index is 642. The molecule has 0 aliphatic carbocycles. The maximum Gasteiger partial charge on any atom is 0.194 e. The summed E-state index contributed by atoms with van der Waals surface area (Å²) in [6.07, 6.45) is 0. The lowest BCUT2D eigenvalue weighted by Crippen LogP contribution is -2.36. The molecule has 0 radical (unpaired) electrons. The Morgan fingerprint density at radius 1 is 1.14 bits per heavy atom. The topological polar surface area (TPSA) is 47.9 Å². The van der Waals surface area contributed by atoms with Crippen molar-refractivity contribution in [3.05, 3.63) is 65.5 Å². The second-order valence-electron chi connectivity index (χ2n) is 5.16. The van der Waals surface area contributed by atoms with Gasteiger partial charge in [0.25, 0.3) is 0 Å². The zero-order chi connectivity index (χ0) is 15.9. The van der Waals surface area contributed by atoms with Crippen LogP contribution in [0.5, 0.6) is 5.75 Å². The minimum atomic E-state index is -0.628. The number of halogens is 1. The van der Waals surface area contributed by atoms with Gasteiger partial charge in [-0.05, 0) is 23.3 Å². The largest absolute Gasteiger partial charge is 0.505 e. The van der Waals surface area contributed by atoms with Crippen LogP contribution < -0.4 is 5.32 Å². The molecule has 2 aromatic carbocycles. The van der Waals surface area contributed by atoms with E-state index in [1.165, 1.54) is 12.1 Å². The van der Waals surface area contributed by atoms with E-state index in [1.54, 1.807) is 6.07 Å². The molecule has 22 heavy (non-hydrogen) atoms. The molecule has 0 aliphatic rings. The van der Waals surface area contributed by atoms with Crippen LogP contribution in [0, 0.1) is 5.82 Å². The van der Waals surface area contributed by atoms with Crippen molar-refractivity contribution in [3.8, 4) is 5.75 Å². The van der Waals surface area contributed by atoms with Gasteiger partial charge >= 0.3 is 0 Å². The lowest BCUT2D eigenvalue weighted by Gasteiger charge is -2.17. The Morgan fingerprint density at radius 2 is 1.86 bits per heavy atom. The van der Waals surface area contributed by atoms with Gasteiger partial charge in [-0.2, -0.15) is 0 Å². The van der Waals surface area contributed by atoms with Crippen molar-refractivity contribution in [2.45, 2.75) is 13.1 Å². The van der Waals surface area contributed by atoms with Gasteiger partial charge < -0.3 is 15.3 Å². The van der Waals surface area contributed by atoms with E-state index in [4.69, 9.17) is 0 Å². The first kappa shape index (κ1) is 15.8. The Hall–Kier alpha value is -2.56. The quantitative estimate of drug-likeness (QED) is 0.674. The van der Waals surface area contributed by atoms with Gasteiger partial charge in [0.1, 0.15) is 0 Å². The lowest BCUT2D eigenvalue weighted by molar-refractivity contribution is 0.432. The van der Waals surface area contributed by atoms with E-state index in [-0.39, 0.29) is 5.75 Å². The molecule has 2 aromatic rings. The summed E-state index contributed by atoms with van der Waals surface area (Å²) in [7, 11) is 3.79. The van der Waals surface area contributed by atoms with Crippen molar-refractivity contribution in [1.29, 1.82) is 0 Å². The molecule has 2 rings (SSSR count). The number of hydrogen-bond donors (Lipinski definition) is 2. The summed E-state index contributed by atoms with van der Waals surface area (Å²) in [5, 5.41) is 12.5. The third-order valence-corrected chi connectivity index (χ3v) is 3.14. The molecule has 116 valence electrons. The molecule has 0 saturated carbocycles. The van der Waals surface area contributed by atoms with Gasteiger partial charge in [0, 0.05) is 20.6 Å². The SMILES string of the molecule is CN(C)C(=NCc1ccc(O)c(F)c1)NCc1ccccc1. The molecule has 0 saturated heterocycles. The first-order chi connectivity index (χ1) is 10.6. The van der Waals surface area contributed by atoms with E-state index < -0.39 is 5.82 Å². The van der Waals surface area contributed by atoms with Crippen molar-refractivity contribution in [2.75, 3.05) is 14.1 Å². The van der Waals surface area contributed by atoms with E-state index in [1.807, 2.05) is 49.3 Å².